The molecule has 0 fully saturated rings. The molecular weight excluding hydrogens is 270 g/mol. The summed E-state index contributed by atoms with van der Waals surface area (Å²) in [5.74, 6) is -1.11. The Morgan fingerprint density at radius 2 is 2.14 bits per heavy atom. The zero-order valence-corrected chi connectivity index (χ0v) is 11.6. The molecule has 0 spiro atoms. The van der Waals surface area contributed by atoms with Gasteiger partial charge in [-0.25, -0.2) is 9.78 Å². The van der Waals surface area contributed by atoms with Crippen molar-refractivity contribution in [2.75, 3.05) is 11.4 Å². The van der Waals surface area contributed by atoms with Crippen LogP contribution in [-0.4, -0.2) is 33.1 Å². The van der Waals surface area contributed by atoms with E-state index in [1.165, 1.54) is 6.20 Å². The molecule has 1 aliphatic heterocycles. The number of carbonyl (C=O) groups excluding carboxylic acids is 1. The molecule has 1 aliphatic rings. The number of hydrogen-bond donors (Lipinski definition) is 1. The monoisotopic (exact) mass is 285 g/mol. The number of anilines is 1. The van der Waals surface area contributed by atoms with Crippen LogP contribution in [-0.2, 0) is 13.5 Å². The van der Waals surface area contributed by atoms with Crippen molar-refractivity contribution >= 4 is 17.6 Å². The molecule has 1 aromatic carbocycles. The number of nitrogens with zero attached hydrogens (tertiary/aromatic N) is 3. The van der Waals surface area contributed by atoms with Crippen LogP contribution in [0.25, 0.3) is 0 Å². The molecule has 0 saturated heterocycles. The number of imidazole rings is 1. The smallest absolute Gasteiger partial charge is 0.336 e. The van der Waals surface area contributed by atoms with Gasteiger partial charge in [0, 0.05) is 19.3 Å². The highest BCUT2D eigenvalue weighted by molar-refractivity contribution is 6.06. The molecule has 108 valence electrons. The lowest BCUT2D eigenvalue weighted by Crippen LogP contribution is -2.37. The third-order valence-corrected chi connectivity index (χ3v) is 3.76. The number of aromatic carboxylic acids is 1. The maximum Gasteiger partial charge on any atom is 0.336 e. The molecule has 6 heteroatoms. The lowest BCUT2D eigenvalue weighted by atomic mass is 9.96. The van der Waals surface area contributed by atoms with Crippen molar-refractivity contribution in [1.29, 1.82) is 0 Å². The first-order valence-corrected chi connectivity index (χ1v) is 6.73. The standard InChI is InChI=1S/C15H15N3O3/c1-17-9-16-8-13(17)14(19)18-7-3-5-10-11(15(20)21)4-2-6-12(10)18/h2,4,6,8-9H,3,5,7H2,1H3,(H,20,21). The second-order valence-electron chi connectivity index (χ2n) is 5.06. The first-order chi connectivity index (χ1) is 10.1. The first-order valence-electron chi connectivity index (χ1n) is 6.73. The summed E-state index contributed by atoms with van der Waals surface area (Å²) < 4.78 is 1.66. The van der Waals surface area contributed by atoms with E-state index in [1.54, 1.807) is 41.0 Å². The van der Waals surface area contributed by atoms with E-state index in [2.05, 4.69) is 4.98 Å². The highest BCUT2D eigenvalue weighted by atomic mass is 16.4. The molecule has 0 bridgehead atoms. The molecule has 1 N–H and O–H groups in total. The molecule has 2 heterocycles. The van der Waals surface area contributed by atoms with Crippen LogP contribution in [0.4, 0.5) is 5.69 Å². The van der Waals surface area contributed by atoms with Gasteiger partial charge in [-0.05, 0) is 30.5 Å². The van der Waals surface area contributed by atoms with Crippen molar-refractivity contribution < 1.29 is 14.7 Å². The fraction of sp³-hybridized carbons (Fsp3) is 0.267. The number of fused-ring (bicyclic) bond motifs is 1. The third kappa shape index (κ3) is 2.18. The lowest BCUT2D eigenvalue weighted by Gasteiger charge is -2.30. The van der Waals surface area contributed by atoms with Crippen LogP contribution in [0, 0.1) is 0 Å². The average molecular weight is 285 g/mol. The van der Waals surface area contributed by atoms with E-state index in [9.17, 15) is 14.7 Å². The SMILES string of the molecule is Cn1cncc1C(=O)N1CCCc2c(C(=O)O)cccc21. The molecular formula is C15H15N3O3. The van der Waals surface area contributed by atoms with E-state index in [1.807, 2.05) is 0 Å². The van der Waals surface area contributed by atoms with E-state index >= 15 is 0 Å². The number of benzene rings is 1. The summed E-state index contributed by atoms with van der Waals surface area (Å²) in [6.07, 6.45) is 4.53. The zero-order chi connectivity index (χ0) is 15.0. The van der Waals surface area contributed by atoms with Gasteiger partial charge in [-0.2, -0.15) is 0 Å². The van der Waals surface area contributed by atoms with E-state index in [-0.39, 0.29) is 11.5 Å². The van der Waals surface area contributed by atoms with Gasteiger partial charge in [-0.15, -0.1) is 0 Å². The zero-order valence-electron chi connectivity index (χ0n) is 11.6. The third-order valence-electron chi connectivity index (χ3n) is 3.76. The fourth-order valence-corrected chi connectivity index (χ4v) is 2.74. The van der Waals surface area contributed by atoms with Crippen LogP contribution >= 0.6 is 0 Å². The Bertz CT molecular complexity index is 721. The van der Waals surface area contributed by atoms with Crippen LogP contribution in [0.1, 0.15) is 32.8 Å². The number of carboxylic acid groups (broad SMARTS) is 1. The molecule has 1 amide bonds. The highest BCUT2D eigenvalue weighted by Gasteiger charge is 2.27. The van der Waals surface area contributed by atoms with Crippen LogP contribution in [0.2, 0.25) is 0 Å². The van der Waals surface area contributed by atoms with Crippen molar-refractivity contribution in [3.05, 3.63) is 47.5 Å². The minimum atomic E-state index is -0.957. The quantitative estimate of drug-likeness (QED) is 0.911. The molecule has 0 unspecified atom stereocenters. The normalized spacial score (nSPS) is 13.9. The molecule has 0 aliphatic carbocycles. The summed E-state index contributed by atoms with van der Waals surface area (Å²) in [5, 5.41) is 9.28. The van der Waals surface area contributed by atoms with E-state index in [0.717, 1.165) is 12.0 Å². The van der Waals surface area contributed by atoms with Crippen LogP contribution in [0.3, 0.4) is 0 Å². The van der Waals surface area contributed by atoms with Gasteiger partial charge in [-0.3, -0.25) is 4.79 Å². The fourth-order valence-electron chi connectivity index (χ4n) is 2.74. The summed E-state index contributed by atoms with van der Waals surface area (Å²) in [4.78, 5) is 29.6. The maximum absolute atomic E-state index is 12.6. The second-order valence-corrected chi connectivity index (χ2v) is 5.06. The molecule has 21 heavy (non-hydrogen) atoms. The van der Waals surface area contributed by atoms with Crippen molar-refractivity contribution in [1.82, 2.24) is 9.55 Å². The molecule has 3 rings (SSSR count). The maximum atomic E-state index is 12.6. The van der Waals surface area contributed by atoms with E-state index in [4.69, 9.17) is 0 Å². The first kappa shape index (κ1) is 13.4. The van der Waals surface area contributed by atoms with Crippen LogP contribution in [0.5, 0.6) is 0 Å². The number of aryl methyl sites for hydroxylation is 1. The predicted molar refractivity (Wildman–Crippen MR) is 76.6 cm³/mol. The summed E-state index contributed by atoms with van der Waals surface area (Å²) in [7, 11) is 1.76. The Kier molecular flexibility index (Phi) is 3.21. The largest absolute Gasteiger partial charge is 0.478 e. The Balaban J connectivity index is 2.05. The number of carboxylic acids is 1. The number of amides is 1. The van der Waals surface area contributed by atoms with Crippen molar-refractivity contribution in [3.8, 4) is 0 Å². The van der Waals surface area contributed by atoms with Gasteiger partial charge in [-0.1, -0.05) is 6.07 Å². The van der Waals surface area contributed by atoms with Crippen molar-refractivity contribution in [3.63, 3.8) is 0 Å². The average Bonchev–Trinajstić information content (AvgIpc) is 2.91. The molecule has 0 saturated carbocycles. The molecule has 6 nitrogen and oxygen atoms in total. The highest BCUT2D eigenvalue weighted by Crippen LogP contribution is 2.31. The summed E-state index contributed by atoms with van der Waals surface area (Å²) in [6.45, 7) is 0.583. The molecule has 1 aromatic heterocycles. The molecule has 0 atom stereocenters. The Morgan fingerprint density at radius 1 is 1.33 bits per heavy atom. The number of hydrogen-bond acceptors (Lipinski definition) is 3. The predicted octanol–water partition coefficient (Wildman–Crippen LogP) is 1.71. The Hall–Kier alpha value is -2.63. The topological polar surface area (TPSA) is 75.4 Å². The number of aromatic nitrogens is 2. The van der Waals surface area contributed by atoms with Gasteiger partial charge >= 0.3 is 5.97 Å². The van der Waals surface area contributed by atoms with Gasteiger partial charge < -0.3 is 14.6 Å². The van der Waals surface area contributed by atoms with Gasteiger partial charge in [0.1, 0.15) is 5.69 Å². The van der Waals surface area contributed by atoms with Gasteiger partial charge in [0.15, 0.2) is 0 Å². The minimum Gasteiger partial charge on any atom is -0.478 e. The Labute approximate surface area is 121 Å². The van der Waals surface area contributed by atoms with E-state index < -0.39 is 5.97 Å². The number of carbonyl (C=O) groups is 2. The summed E-state index contributed by atoms with van der Waals surface area (Å²) in [5.41, 5.74) is 2.18. The minimum absolute atomic E-state index is 0.154. The molecule has 2 aromatic rings. The van der Waals surface area contributed by atoms with Gasteiger partial charge in [0.2, 0.25) is 0 Å². The van der Waals surface area contributed by atoms with E-state index in [0.29, 0.717) is 24.3 Å². The second kappa shape index (κ2) is 5.05. The summed E-state index contributed by atoms with van der Waals surface area (Å²) >= 11 is 0. The number of rotatable bonds is 2. The van der Waals surface area contributed by atoms with Gasteiger partial charge in [0.25, 0.3) is 5.91 Å². The Morgan fingerprint density at radius 3 is 2.81 bits per heavy atom. The van der Waals surface area contributed by atoms with Crippen LogP contribution in [0.15, 0.2) is 30.7 Å². The van der Waals surface area contributed by atoms with Crippen LogP contribution < -0.4 is 4.90 Å². The van der Waals surface area contributed by atoms with Crippen molar-refractivity contribution in [2.45, 2.75) is 12.8 Å². The van der Waals surface area contributed by atoms with Crippen molar-refractivity contribution in [2.24, 2.45) is 7.05 Å². The lowest BCUT2D eigenvalue weighted by molar-refractivity contribution is 0.0695. The molecule has 0 radical (unpaired) electrons. The summed E-state index contributed by atoms with van der Waals surface area (Å²) in [6, 6.07) is 5.06. The van der Waals surface area contributed by atoms with Gasteiger partial charge in [0.05, 0.1) is 18.1 Å².